The van der Waals surface area contributed by atoms with Crippen molar-refractivity contribution in [1.82, 2.24) is 4.90 Å². The maximum atomic E-state index is 2.58. The van der Waals surface area contributed by atoms with E-state index in [9.17, 15) is 0 Å². The van der Waals surface area contributed by atoms with Crippen molar-refractivity contribution in [2.75, 3.05) is 13.1 Å². The molecule has 1 rings (SSSR count). The van der Waals surface area contributed by atoms with E-state index >= 15 is 0 Å². The fourth-order valence-corrected chi connectivity index (χ4v) is 1.66. The van der Waals surface area contributed by atoms with Crippen molar-refractivity contribution in [3.8, 4) is 0 Å². The molecular weight excluding hydrogens is 146 g/mol. The normalized spacial score (nSPS) is 24.0. The Morgan fingerprint density at radius 2 is 1.92 bits per heavy atom. The highest BCUT2D eigenvalue weighted by Gasteiger charge is 2.21. The van der Waals surface area contributed by atoms with Crippen molar-refractivity contribution in [3.63, 3.8) is 0 Å². The lowest BCUT2D eigenvalue weighted by molar-refractivity contribution is 0.264. The third-order valence-electron chi connectivity index (χ3n) is 2.62. The molecule has 1 aliphatic rings. The molecule has 0 aromatic carbocycles. The van der Waals surface area contributed by atoms with Gasteiger partial charge in [0, 0.05) is 12.6 Å². The van der Waals surface area contributed by atoms with Gasteiger partial charge in [0.25, 0.3) is 0 Å². The van der Waals surface area contributed by atoms with Crippen LogP contribution in [0.4, 0.5) is 0 Å². The van der Waals surface area contributed by atoms with Crippen LogP contribution in [-0.4, -0.2) is 24.0 Å². The lowest BCUT2D eigenvalue weighted by atomic mass is 10.1. The maximum Gasteiger partial charge on any atom is 0.00387 e. The van der Waals surface area contributed by atoms with Gasteiger partial charge in [-0.1, -0.05) is 27.2 Å². The van der Waals surface area contributed by atoms with E-state index in [1.807, 2.05) is 13.8 Å². The summed E-state index contributed by atoms with van der Waals surface area (Å²) in [5.41, 5.74) is 0. The molecule has 0 aromatic rings. The lowest BCUT2D eigenvalue weighted by Gasteiger charge is -2.19. The minimum Gasteiger partial charge on any atom is -0.301 e. The van der Waals surface area contributed by atoms with Crippen LogP contribution in [0.25, 0.3) is 0 Å². The van der Waals surface area contributed by atoms with Gasteiger partial charge in [-0.25, -0.2) is 0 Å². The van der Waals surface area contributed by atoms with Crippen LogP contribution >= 0.6 is 0 Å². The van der Waals surface area contributed by atoms with Crippen molar-refractivity contribution in [2.45, 2.75) is 53.5 Å². The van der Waals surface area contributed by atoms with Crippen molar-refractivity contribution in [2.24, 2.45) is 5.92 Å². The Hall–Kier alpha value is -0.0400. The SMILES string of the molecule is CC.CCC1CCN(C(C)C)C1. The average molecular weight is 171 g/mol. The Balaban J connectivity index is 0.000000561. The van der Waals surface area contributed by atoms with Crippen LogP contribution in [-0.2, 0) is 0 Å². The van der Waals surface area contributed by atoms with Crippen LogP contribution in [0.2, 0.25) is 0 Å². The molecule has 74 valence electrons. The van der Waals surface area contributed by atoms with E-state index in [1.54, 1.807) is 0 Å². The highest BCUT2D eigenvalue weighted by molar-refractivity contribution is 4.76. The van der Waals surface area contributed by atoms with Gasteiger partial charge < -0.3 is 4.90 Å². The van der Waals surface area contributed by atoms with Crippen molar-refractivity contribution in [3.05, 3.63) is 0 Å². The van der Waals surface area contributed by atoms with Gasteiger partial charge in [-0.05, 0) is 32.7 Å². The Morgan fingerprint density at radius 3 is 2.17 bits per heavy atom. The molecule has 1 fully saturated rings. The van der Waals surface area contributed by atoms with Gasteiger partial charge in [-0.2, -0.15) is 0 Å². The fraction of sp³-hybridized carbons (Fsp3) is 1.00. The molecule has 0 saturated carbocycles. The first-order valence-corrected chi connectivity index (χ1v) is 5.48. The summed E-state index contributed by atoms with van der Waals surface area (Å²) in [6.07, 6.45) is 2.79. The van der Waals surface area contributed by atoms with E-state index < -0.39 is 0 Å². The van der Waals surface area contributed by atoms with Gasteiger partial charge in [0.05, 0.1) is 0 Å². The number of hydrogen-bond donors (Lipinski definition) is 0. The molecule has 0 N–H and O–H groups in total. The molecule has 0 radical (unpaired) electrons. The molecule has 0 amide bonds. The second kappa shape index (κ2) is 6.47. The van der Waals surface area contributed by atoms with Crippen molar-refractivity contribution >= 4 is 0 Å². The van der Waals surface area contributed by atoms with Gasteiger partial charge in [-0.3, -0.25) is 0 Å². The lowest BCUT2D eigenvalue weighted by Crippen LogP contribution is -2.28. The van der Waals surface area contributed by atoms with Gasteiger partial charge in [0.2, 0.25) is 0 Å². The first-order valence-electron chi connectivity index (χ1n) is 5.48. The Kier molecular flexibility index (Phi) is 6.45. The summed E-state index contributed by atoms with van der Waals surface area (Å²) in [6, 6.07) is 0.761. The van der Waals surface area contributed by atoms with Gasteiger partial charge in [-0.15, -0.1) is 0 Å². The zero-order valence-electron chi connectivity index (χ0n) is 9.43. The average Bonchev–Trinajstić information content (AvgIpc) is 2.55. The second-order valence-corrected chi connectivity index (χ2v) is 3.65. The predicted molar refractivity (Wildman–Crippen MR) is 56.5 cm³/mol. The predicted octanol–water partition coefficient (Wildman–Crippen LogP) is 3.15. The zero-order valence-corrected chi connectivity index (χ0v) is 9.43. The molecule has 1 aliphatic heterocycles. The third kappa shape index (κ3) is 3.57. The molecule has 0 spiro atoms. The van der Waals surface area contributed by atoms with Crippen LogP contribution in [0.5, 0.6) is 0 Å². The molecule has 12 heavy (non-hydrogen) atoms. The molecule has 0 aliphatic carbocycles. The summed E-state index contributed by atoms with van der Waals surface area (Å²) in [6.45, 7) is 13.6. The van der Waals surface area contributed by atoms with Crippen LogP contribution in [0.1, 0.15) is 47.5 Å². The second-order valence-electron chi connectivity index (χ2n) is 3.65. The van der Waals surface area contributed by atoms with E-state index in [-0.39, 0.29) is 0 Å². The Bertz CT molecular complexity index is 99.2. The largest absolute Gasteiger partial charge is 0.301 e. The summed E-state index contributed by atoms with van der Waals surface area (Å²) in [5.74, 6) is 0.988. The number of nitrogens with zero attached hydrogens (tertiary/aromatic N) is 1. The van der Waals surface area contributed by atoms with E-state index in [2.05, 4.69) is 25.7 Å². The van der Waals surface area contributed by atoms with Crippen LogP contribution in [0, 0.1) is 5.92 Å². The van der Waals surface area contributed by atoms with Crippen LogP contribution < -0.4 is 0 Å². The first kappa shape index (κ1) is 12.0. The summed E-state index contributed by atoms with van der Waals surface area (Å²) in [7, 11) is 0. The molecule has 1 heteroatoms. The first-order chi connectivity index (χ1) is 5.74. The smallest absolute Gasteiger partial charge is 0.00387 e. The highest BCUT2D eigenvalue weighted by atomic mass is 15.2. The van der Waals surface area contributed by atoms with E-state index in [4.69, 9.17) is 0 Å². The molecule has 0 aromatic heterocycles. The number of rotatable bonds is 2. The molecule has 0 bridgehead atoms. The molecule has 1 atom stereocenters. The molecule has 1 saturated heterocycles. The van der Waals surface area contributed by atoms with Crippen molar-refractivity contribution in [1.29, 1.82) is 0 Å². The molecule has 1 unspecified atom stereocenters. The summed E-state index contributed by atoms with van der Waals surface area (Å²) in [5, 5.41) is 0. The summed E-state index contributed by atoms with van der Waals surface area (Å²) < 4.78 is 0. The van der Waals surface area contributed by atoms with E-state index in [0.29, 0.717) is 0 Å². The highest BCUT2D eigenvalue weighted by Crippen LogP contribution is 2.20. The standard InChI is InChI=1S/C9H19N.C2H6/c1-4-9-5-6-10(7-9)8(2)3;1-2/h8-9H,4-7H2,1-3H3;1-2H3. The van der Waals surface area contributed by atoms with Crippen LogP contribution in [0.3, 0.4) is 0 Å². The molecule has 1 nitrogen and oxygen atoms in total. The van der Waals surface area contributed by atoms with Crippen molar-refractivity contribution < 1.29 is 0 Å². The quantitative estimate of drug-likeness (QED) is 0.617. The number of hydrogen-bond acceptors (Lipinski definition) is 1. The minimum absolute atomic E-state index is 0.761. The van der Waals surface area contributed by atoms with Gasteiger partial charge >= 0.3 is 0 Å². The topological polar surface area (TPSA) is 3.24 Å². The fourth-order valence-electron chi connectivity index (χ4n) is 1.66. The van der Waals surface area contributed by atoms with Gasteiger partial charge in [0.15, 0.2) is 0 Å². The van der Waals surface area contributed by atoms with E-state index in [0.717, 1.165) is 12.0 Å². The number of likely N-dealkylation sites (tertiary alicyclic amines) is 1. The minimum atomic E-state index is 0.761. The maximum absolute atomic E-state index is 2.58. The zero-order chi connectivity index (χ0) is 9.56. The summed E-state index contributed by atoms with van der Waals surface area (Å²) >= 11 is 0. The Morgan fingerprint density at radius 1 is 1.33 bits per heavy atom. The van der Waals surface area contributed by atoms with Gasteiger partial charge in [0.1, 0.15) is 0 Å². The Labute approximate surface area is 78.1 Å². The molecular formula is C11H25N. The molecule has 1 heterocycles. The summed E-state index contributed by atoms with van der Waals surface area (Å²) in [4.78, 5) is 2.58. The monoisotopic (exact) mass is 171 g/mol. The van der Waals surface area contributed by atoms with E-state index in [1.165, 1.54) is 25.9 Å². The van der Waals surface area contributed by atoms with Crippen LogP contribution in [0.15, 0.2) is 0 Å². The third-order valence-corrected chi connectivity index (χ3v) is 2.62.